The maximum atomic E-state index is 11.3. The maximum absolute atomic E-state index is 11.3. The molecule has 0 saturated carbocycles. The van der Waals surface area contributed by atoms with E-state index in [1.54, 1.807) is 6.92 Å². The molecule has 0 aliphatic rings. The van der Waals surface area contributed by atoms with Gasteiger partial charge in [-0.25, -0.2) is 18.5 Å². The summed E-state index contributed by atoms with van der Waals surface area (Å²) < 4.78 is 22.7. The first-order valence-electron chi connectivity index (χ1n) is 4.48. The fraction of sp³-hybridized carbons (Fsp3) is 0.333. The van der Waals surface area contributed by atoms with Gasteiger partial charge in [-0.1, -0.05) is 18.5 Å². The molecule has 0 saturated heterocycles. The Labute approximate surface area is 98.9 Å². The molecule has 0 spiro atoms. The third-order valence-electron chi connectivity index (χ3n) is 2.16. The van der Waals surface area contributed by atoms with E-state index in [0.29, 0.717) is 5.56 Å². The zero-order valence-corrected chi connectivity index (χ0v) is 10.1. The average Bonchev–Trinajstić information content (AvgIpc) is 2.17. The molecule has 1 aromatic rings. The summed E-state index contributed by atoms with van der Waals surface area (Å²) in [6.45, 7) is 1.67. The van der Waals surface area contributed by atoms with Gasteiger partial charge in [0.15, 0.2) is 0 Å². The maximum Gasteiger partial charge on any atom is 0.216 e. The second kappa shape index (κ2) is 4.78. The standard InChI is InChI=1S/C9H10ClN3O2S/c1-2-8(16(12,14)15)6-3-4-13-9(10)7(6)5-11/h3-4,8H,2H2,1H3,(H2,12,14,15). The molecule has 2 N–H and O–H groups in total. The highest BCUT2D eigenvalue weighted by molar-refractivity contribution is 7.89. The van der Waals surface area contributed by atoms with Gasteiger partial charge in [-0.05, 0) is 18.1 Å². The van der Waals surface area contributed by atoms with E-state index < -0.39 is 15.3 Å². The van der Waals surface area contributed by atoms with Gasteiger partial charge in [0.2, 0.25) is 10.0 Å². The lowest BCUT2D eigenvalue weighted by molar-refractivity contribution is 0.580. The number of hydrogen-bond donors (Lipinski definition) is 1. The Bertz CT molecular complexity index is 536. The minimum Gasteiger partial charge on any atom is -0.243 e. The summed E-state index contributed by atoms with van der Waals surface area (Å²) in [5.41, 5.74) is 0.359. The minimum absolute atomic E-state index is 0.0119. The Morgan fingerprint density at radius 3 is 2.75 bits per heavy atom. The van der Waals surface area contributed by atoms with E-state index in [2.05, 4.69) is 4.98 Å². The lowest BCUT2D eigenvalue weighted by Crippen LogP contribution is -2.22. The van der Waals surface area contributed by atoms with Crippen LogP contribution in [0.2, 0.25) is 5.15 Å². The van der Waals surface area contributed by atoms with E-state index in [9.17, 15) is 8.42 Å². The molecule has 0 bridgehead atoms. The monoisotopic (exact) mass is 259 g/mol. The summed E-state index contributed by atoms with van der Waals surface area (Å²) in [6, 6.07) is 3.28. The molecule has 0 aromatic carbocycles. The first-order chi connectivity index (χ1) is 7.41. The van der Waals surface area contributed by atoms with Gasteiger partial charge in [-0.15, -0.1) is 0 Å². The quantitative estimate of drug-likeness (QED) is 0.829. The number of nitrogens with zero attached hydrogens (tertiary/aromatic N) is 2. The third-order valence-corrected chi connectivity index (χ3v) is 3.83. The van der Waals surface area contributed by atoms with Gasteiger partial charge in [-0.3, -0.25) is 0 Å². The number of hydrogen-bond acceptors (Lipinski definition) is 4. The summed E-state index contributed by atoms with van der Waals surface area (Å²) in [5.74, 6) is 0. The molecular formula is C9H10ClN3O2S. The molecule has 0 amide bonds. The Hall–Kier alpha value is -1.16. The lowest BCUT2D eigenvalue weighted by atomic mass is 10.1. The highest BCUT2D eigenvalue weighted by Gasteiger charge is 2.25. The first kappa shape index (κ1) is 12.9. The molecular weight excluding hydrogens is 250 g/mol. The van der Waals surface area contributed by atoms with Crippen LogP contribution in [0, 0.1) is 11.3 Å². The molecule has 16 heavy (non-hydrogen) atoms. The van der Waals surface area contributed by atoms with Crippen LogP contribution in [0.4, 0.5) is 0 Å². The number of rotatable bonds is 3. The van der Waals surface area contributed by atoms with Crippen molar-refractivity contribution in [2.24, 2.45) is 5.14 Å². The predicted octanol–water partition coefficient (Wildman–Crippen LogP) is 1.35. The van der Waals surface area contributed by atoms with Crippen molar-refractivity contribution in [3.05, 3.63) is 28.5 Å². The Kier molecular flexibility index (Phi) is 3.86. The number of aromatic nitrogens is 1. The van der Waals surface area contributed by atoms with Crippen molar-refractivity contribution < 1.29 is 8.42 Å². The molecule has 0 aliphatic carbocycles. The van der Waals surface area contributed by atoms with Crippen molar-refractivity contribution in [3.8, 4) is 6.07 Å². The molecule has 0 fully saturated rings. The van der Waals surface area contributed by atoms with E-state index >= 15 is 0 Å². The van der Waals surface area contributed by atoms with E-state index in [0.717, 1.165) is 0 Å². The van der Waals surface area contributed by atoms with Crippen LogP contribution in [-0.2, 0) is 10.0 Å². The topological polar surface area (TPSA) is 96.8 Å². The fourth-order valence-electron chi connectivity index (χ4n) is 1.46. The molecule has 5 nitrogen and oxygen atoms in total. The van der Waals surface area contributed by atoms with Gasteiger partial charge in [0, 0.05) is 6.20 Å². The number of primary sulfonamides is 1. The van der Waals surface area contributed by atoms with Crippen LogP contribution in [0.15, 0.2) is 12.3 Å². The Morgan fingerprint density at radius 1 is 1.69 bits per heavy atom. The minimum atomic E-state index is -3.75. The van der Waals surface area contributed by atoms with Crippen LogP contribution in [0.25, 0.3) is 0 Å². The molecule has 0 radical (unpaired) electrons. The van der Waals surface area contributed by atoms with Crippen LogP contribution in [0.3, 0.4) is 0 Å². The number of sulfonamides is 1. The van der Waals surface area contributed by atoms with E-state index in [4.69, 9.17) is 22.0 Å². The molecule has 1 atom stereocenters. The number of halogens is 1. The molecule has 0 aliphatic heterocycles. The van der Waals surface area contributed by atoms with Gasteiger partial charge in [0.1, 0.15) is 16.5 Å². The van der Waals surface area contributed by atoms with Crippen LogP contribution < -0.4 is 5.14 Å². The number of nitrogens with two attached hydrogens (primary N) is 1. The normalized spacial score (nSPS) is 13.1. The SMILES string of the molecule is CCC(c1ccnc(Cl)c1C#N)S(N)(=O)=O. The van der Waals surface area contributed by atoms with Gasteiger partial charge in [-0.2, -0.15) is 5.26 Å². The zero-order valence-electron chi connectivity index (χ0n) is 8.51. The zero-order chi connectivity index (χ0) is 12.3. The molecule has 7 heteroatoms. The molecule has 1 aromatic heterocycles. The van der Waals surface area contributed by atoms with Crippen molar-refractivity contribution in [3.63, 3.8) is 0 Å². The Balaban J connectivity index is 3.44. The summed E-state index contributed by atoms with van der Waals surface area (Å²) in [4.78, 5) is 3.72. The lowest BCUT2D eigenvalue weighted by Gasteiger charge is -2.14. The van der Waals surface area contributed by atoms with E-state index in [1.165, 1.54) is 12.3 Å². The van der Waals surface area contributed by atoms with Crippen molar-refractivity contribution in [2.45, 2.75) is 18.6 Å². The number of nitriles is 1. The first-order valence-corrected chi connectivity index (χ1v) is 6.46. The van der Waals surface area contributed by atoms with Crippen molar-refractivity contribution in [1.29, 1.82) is 5.26 Å². The van der Waals surface area contributed by atoms with Crippen molar-refractivity contribution in [1.82, 2.24) is 4.98 Å². The third kappa shape index (κ3) is 2.50. The van der Waals surface area contributed by atoms with E-state index in [-0.39, 0.29) is 17.1 Å². The van der Waals surface area contributed by atoms with E-state index in [1.807, 2.05) is 6.07 Å². The highest BCUT2D eigenvalue weighted by atomic mass is 35.5. The molecule has 1 unspecified atom stereocenters. The second-order valence-electron chi connectivity index (χ2n) is 3.16. The van der Waals surface area contributed by atoms with Crippen LogP contribution in [0.1, 0.15) is 29.7 Å². The summed E-state index contributed by atoms with van der Waals surface area (Å²) in [6.07, 6.45) is 1.63. The predicted molar refractivity (Wildman–Crippen MR) is 60.1 cm³/mol. The second-order valence-corrected chi connectivity index (χ2v) is 5.27. The summed E-state index contributed by atoms with van der Waals surface area (Å²) in [5, 5.41) is 13.1. The smallest absolute Gasteiger partial charge is 0.216 e. The summed E-state index contributed by atoms with van der Waals surface area (Å²) in [7, 11) is -3.75. The van der Waals surface area contributed by atoms with Gasteiger partial charge < -0.3 is 0 Å². The molecule has 1 rings (SSSR count). The van der Waals surface area contributed by atoms with Crippen LogP contribution in [-0.4, -0.2) is 13.4 Å². The number of pyridine rings is 1. The van der Waals surface area contributed by atoms with Gasteiger partial charge >= 0.3 is 0 Å². The van der Waals surface area contributed by atoms with Crippen molar-refractivity contribution >= 4 is 21.6 Å². The van der Waals surface area contributed by atoms with Gasteiger partial charge in [0.05, 0.1) is 5.56 Å². The van der Waals surface area contributed by atoms with Crippen LogP contribution >= 0.6 is 11.6 Å². The highest BCUT2D eigenvalue weighted by Crippen LogP contribution is 2.29. The van der Waals surface area contributed by atoms with Gasteiger partial charge in [0.25, 0.3) is 0 Å². The molecule has 86 valence electrons. The molecule has 1 heterocycles. The van der Waals surface area contributed by atoms with Crippen LogP contribution in [0.5, 0.6) is 0 Å². The van der Waals surface area contributed by atoms with Crippen molar-refractivity contribution in [2.75, 3.05) is 0 Å². The largest absolute Gasteiger partial charge is 0.243 e. The average molecular weight is 260 g/mol. The summed E-state index contributed by atoms with van der Waals surface area (Å²) >= 11 is 5.71. The fourth-order valence-corrected chi connectivity index (χ4v) is 2.68. The Morgan fingerprint density at radius 2 is 2.31 bits per heavy atom.